The Morgan fingerprint density at radius 1 is 1.00 bits per heavy atom. The summed E-state index contributed by atoms with van der Waals surface area (Å²) in [6.07, 6.45) is 1.77. The van der Waals surface area contributed by atoms with Crippen LogP contribution in [0.1, 0.15) is 18.1 Å². The average molecular weight is 660 g/mol. The molecule has 196 valence electrons. The van der Waals surface area contributed by atoms with Crippen LogP contribution in [0.4, 0.5) is 5.69 Å². The fourth-order valence-electron chi connectivity index (χ4n) is 3.83. The van der Waals surface area contributed by atoms with Gasteiger partial charge in [0.15, 0.2) is 11.7 Å². The summed E-state index contributed by atoms with van der Waals surface area (Å²) in [5, 5.41) is 0.380. The Morgan fingerprint density at radius 3 is 2.26 bits per heavy atom. The minimum Gasteiger partial charge on any atom is -0.494 e. The van der Waals surface area contributed by atoms with Crippen molar-refractivity contribution in [1.82, 2.24) is 4.90 Å². The summed E-state index contributed by atoms with van der Waals surface area (Å²) in [6, 6.07) is 20.8. The summed E-state index contributed by atoms with van der Waals surface area (Å²) in [5.41, 5.74) is 2.83. The second kappa shape index (κ2) is 12.6. The fraction of sp³-hybridized carbons (Fsp3) is 0.179. The van der Waals surface area contributed by atoms with E-state index >= 15 is 0 Å². The van der Waals surface area contributed by atoms with E-state index in [9.17, 15) is 9.59 Å². The molecule has 38 heavy (non-hydrogen) atoms. The van der Waals surface area contributed by atoms with E-state index in [4.69, 9.17) is 21.7 Å². The van der Waals surface area contributed by atoms with Gasteiger partial charge in [-0.3, -0.25) is 14.6 Å². The Kier molecular flexibility index (Phi) is 9.19. The molecule has 1 aliphatic heterocycles. The van der Waals surface area contributed by atoms with Crippen molar-refractivity contribution in [1.29, 1.82) is 0 Å². The number of ether oxygens (including phenoxy) is 3. The minimum absolute atomic E-state index is 0.217. The van der Waals surface area contributed by atoms with E-state index in [1.165, 1.54) is 7.11 Å². The number of esters is 1. The molecule has 1 aliphatic rings. The maximum absolute atomic E-state index is 13.7. The Labute approximate surface area is 243 Å². The highest BCUT2D eigenvalue weighted by atomic mass is 79.9. The molecule has 7 nitrogen and oxygen atoms in total. The first-order valence-corrected chi connectivity index (χ1v) is 13.6. The predicted octanol–water partition coefficient (Wildman–Crippen LogP) is 6.34. The zero-order valence-electron chi connectivity index (χ0n) is 20.6. The normalized spacial score (nSPS) is 14.3. The first-order valence-electron chi connectivity index (χ1n) is 11.7. The standard InChI is InChI=1S/C28H24Br2N2O5S/c1-3-36-21-11-9-20(10-12-21)32-24(27(34)31(28(32)38)16-18-7-5-4-6-8-18)15-19-13-22(29)26(23(30)14-19)37-17-25(33)35-2/h4-15H,3,16-17H2,1-2H3. The Morgan fingerprint density at radius 2 is 1.66 bits per heavy atom. The van der Waals surface area contributed by atoms with Gasteiger partial charge < -0.3 is 14.2 Å². The summed E-state index contributed by atoms with van der Waals surface area (Å²) in [4.78, 5) is 28.6. The highest BCUT2D eigenvalue weighted by molar-refractivity contribution is 9.11. The predicted molar refractivity (Wildman–Crippen MR) is 157 cm³/mol. The van der Waals surface area contributed by atoms with Crippen LogP contribution in [0.3, 0.4) is 0 Å². The topological polar surface area (TPSA) is 68.3 Å². The molecular formula is C28H24Br2N2O5S. The molecular weight excluding hydrogens is 636 g/mol. The van der Waals surface area contributed by atoms with Crippen molar-refractivity contribution in [2.24, 2.45) is 0 Å². The first kappa shape index (κ1) is 27.8. The Bertz CT molecular complexity index is 1360. The van der Waals surface area contributed by atoms with Gasteiger partial charge in [-0.25, -0.2) is 4.79 Å². The highest BCUT2D eigenvalue weighted by Crippen LogP contribution is 2.37. The lowest BCUT2D eigenvalue weighted by Gasteiger charge is -2.21. The zero-order chi connectivity index (χ0) is 27.2. The number of carbonyl (C=O) groups is 2. The van der Waals surface area contributed by atoms with Crippen molar-refractivity contribution in [3.63, 3.8) is 0 Å². The van der Waals surface area contributed by atoms with Gasteiger partial charge in [0.05, 0.1) is 29.2 Å². The number of benzene rings is 3. The average Bonchev–Trinajstić information content (AvgIpc) is 3.13. The fourth-order valence-corrected chi connectivity index (χ4v) is 5.63. The first-order chi connectivity index (χ1) is 18.3. The smallest absolute Gasteiger partial charge is 0.343 e. The van der Waals surface area contributed by atoms with Crippen LogP contribution >= 0.6 is 44.1 Å². The summed E-state index contributed by atoms with van der Waals surface area (Å²) in [6.45, 7) is 2.59. The third-order valence-corrected chi connectivity index (χ3v) is 7.18. The Hall–Kier alpha value is -3.21. The van der Waals surface area contributed by atoms with Gasteiger partial charge in [0, 0.05) is 5.69 Å². The molecule has 1 fully saturated rings. The Balaban J connectivity index is 1.72. The molecule has 1 heterocycles. The molecule has 0 aliphatic carbocycles. The van der Waals surface area contributed by atoms with Gasteiger partial charge in [0.2, 0.25) is 0 Å². The minimum atomic E-state index is -0.496. The van der Waals surface area contributed by atoms with E-state index in [1.54, 1.807) is 28.0 Å². The van der Waals surface area contributed by atoms with Crippen molar-refractivity contribution in [3.8, 4) is 11.5 Å². The number of anilines is 1. The molecule has 0 saturated carbocycles. The number of amides is 1. The number of nitrogens with zero attached hydrogens (tertiary/aromatic N) is 2. The van der Waals surface area contributed by atoms with Crippen LogP contribution in [-0.4, -0.2) is 42.2 Å². The molecule has 3 aromatic carbocycles. The van der Waals surface area contributed by atoms with Crippen molar-refractivity contribution in [2.45, 2.75) is 13.5 Å². The van der Waals surface area contributed by atoms with Gasteiger partial charge in [-0.1, -0.05) is 30.3 Å². The van der Waals surface area contributed by atoms with Gasteiger partial charge in [0.1, 0.15) is 17.2 Å². The largest absolute Gasteiger partial charge is 0.494 e. The van der Waals surface area contributed by atoms with E-state index in [0.717, 1.165) is 22.6 Å². The number of methoxy groups -OCH3 is 1. The molecule has 4 rings (SSSR count). The van der Waals surface area contributed by atoms with Crippen LogP contribution in [0.2, 0.25) is 0 Å². The third kappa shape index (κ3) is 6.25. The van der Waals surface area contributed by atoms with Gasteiger partial charge in [-0.05, 0) is 105 Å². The van der Waals surface area contributed by atoms with Crippen LogP contribution in [0.15, 0.2) is 81.4 Å². The molecule has 0 atom stereocenters. The third-order valence-electron chi connectivity index (χ3n) is 5.60. The molecule has 10 heteroatoms. The van der Waals surface area contributed by atoms with E-state index < -0.39 is 5.97 Å². The molecule has 1 saturated heterocycles. The number of thiocarbonyl (C=S) groups is 1. The lowest BCUT2D eigenvalue weighted by molar-refractivity contribution is -0.142. The van der Waals surface area contributed by atoms with Crippen LogP contribution < -0.4 is 14.4 Å². The van der Waals surface area contributed by atoms with Crippen molar-refractivity contribution < 1.29 is 23.8 Å². The summed E-state index contributed by atoms with van der Waals surface area (Å²) >= 11 is 12.8. The van der Waals surface area contributed by atoms with Crippen LogP contribution in [0, 0.1) is 0 Å². The molecule has 3 aromatic rings. The molecule has 0 bridgehead atoms. The van der Waals surface area contributed by atoms with Crippen molar-refractivity contribution in [3.05, 3.63) is 92.5 Å². The monoisotopic (exact) mass is 658 g/mol. The lowest BCUT2D eigenvalue weighted by atomic mass is 10.1. The SMILES string of the molecule is CCOc1ccc(N2C(=S)N(Cc3ccccc3)C(=O)C2=Cc2cc(Br)c(OCC(=O)OC)c(Br)c2)cc1. The molecule has 0 radical (unpaired) electrons. The van der Waals surface area contributed by atoms with E-state index in [0.29, 0.717) is 38.7 Å². The van der Waals surface area contributed by atoms with Crippen LogP contribution in [-0.2, 0) is 20.9 Å². The van der Waals surface area contributed by atoms with Gasteiger partial charge in [-0.15, -0.1) is 0 Å². The van der Waals surface area contributed by atoms with Gasteiger partial charge in [0.25, 0.3) is 5.91 Å². The molecule has 0 spiro atoms. The molecule has 0 aromatic heterocycles. The second-order valence-corrected chi connectivity index (χ2v) is 10.2. The summed E-state index contributed by atoms with van der Waals surface area (Å²) < 4.78 is 17.0. The van der Waals surface area contributed by atoms with Crippen LogP contribution in [0.5, 0.6) is 11.5 Å². The van der Waals surface area contributed by atoms with E-state index in [-0.39, 0.29) is 12.5 Å². The number of hydrogen-bond acceptors (Lipinski definition) is 6. The maximum Gasteiger partial charge on any atom is 0.343 e. The van der Waals surface area contributed by atoms with Crippen molar-refractivity contribution >= 4 is 72.8 Å². The number of rotatable bonds is 9. The number of halogens is 2. The molecule has 0 N–H and O–H groups in total. The van der Waals surface area contributed by atoms with E-state index in [2.05, 4.69) is 36.6 Å². The summed E-state index contributed by atoms with van der Waals surface area (Å²) in [5.74, 6) is 0.463. The molecule has 0 unspecified atom stereocenters. The number of carbonyl (C=O) groups excluding carboxylic acids is 2. The van der Waals surface area contributed by atoms with E-state index in [1.807, 2.05) is 61.5 Å². The number of hydrogen-bond donors (Lipinski definition) is 0. The van der Waals surface area contributed by atoms with Gasteiger partial charge in [-0.2, -0.15) is 0 Å². The quantitative estimate of drug-likeness (QED) is 0.151. The zero-order valence-corrected chi connectivity index (χ0v) is 24.6. The molecule has 1 amide bonds. The van der Waals surface area contributed by atoms with Gasteiger partial charge >= 0.3 is 5.97 Å². The highest BCUT2D eigenvalue weighted by Gasteiger charge is 2.39. The van der Waals surface area contributed by atoms with Crippen LogP contribution in [0.25, 0.3) is 6.08 Å². The maximum atomic E-state index is 13.7. The summed E-state index contributed by atoms with van der Waals surface area (Å²) in [7, 11) is 1.30. The second-order valence-electron chi connectivity index (χ2n) is 8.13. The van der Waals surface area contributed by atoms with Crippen molar-refractivity contribution in [2.75, 3.05) is 25.2 Å². The lowest BCUT2D eigenvalue weighted by Crippen LogP contribution is -2.32.